The highest BCUT2D eigenvalue weighted by Crippen LogP contribution is 2.37. The number of amides is 3. The lowest BCUT2D eigenvalue weighted by atomic mass is 9.88. The molecule has 3 amide bonds. The molecule has 6 rings (SSSR count). The number of carbonyl (C=O) groups is 3. The predicted molar refractivity (Wildman–Crippen MR) is 180 cm³/mol. The van der Waals surface area contributed by atoms with Gasteiger partial charge in [0.05, 0.1) is 0 Å². The summed E-state index contributed by atoms with van der Waals surface area (Å²) >= 11 is 6.36. The molecule has 2 unspecified atom stereocenters. The SMILES string of the molecule is CC(c1c[nH]c2ccccc12)C(C(=O)N1C[C@@H](CN(C)C)Cc2cc(Cl)ccc21)N(OC(=O)C(F)(F)F)C(=O)NC1Cc2ccccc2C1. The fourth-order valence-corrected chi connectivity index (χ4v) is 7.34. The zero-order chi connectivity index (χ0) is 35.0. The third kappa shape index (κ3) is 7.25. The van der Waals surface area contributed by atoms with Gasteiger partial charge in [0.25, 0.3) is 5.91 Å². The molecular weight excluding hydrogens is 659 g/mol. The number of H-pyrrole nitrogens is 1. The van der Waals surface area contributed by atoms with E-state index < -0.39 is 42.1 Å². The molecule has 9 nitrogen and oxygen atoms in total. The van der Waals surface area contributed by atoms with Crippen LogP contribution in [0.3, 0.4) is 0 Å². The summed E-state index contributed by atoms with van der Waals surface area (Å²) in [6, 6.07) is 16.6. The minimum Gasteiger partial charge on any atom is -0.361 e. The van der Waals surface area contributed by atoms with Crippen molar-refractivity contribution in [1.29, 1.82) is 0 Å². The van der Waals surface area contributed by atoms with Crippen LogP contribution in [-0.2, 0) is 33.7 Å². The summed E-state index contributed by atoms with van der Waals surface area (Å²) < 4.78 is 41.4. The van der Waals surface area contributed by atoms with Gasteiger partial charge in [0.2, 0.25) is 0 Å². The minimum absolute atomic E-state index is 0.0639. The molecule has 2 heterocycles. The molecular formula is C36H37ClF3N5O4. The van der Waals surface area contributed by atoms with E-state index in [9.17, 15) is 22.8 Å². The van der Waals surface area contributed by atoms with E-state index in [2.05, 4.69) is 10.3 Å². The lowest BCUT2D eigenvalue weighted by Gasteiger charge is -2.40. The number of halogens is 4. The number of hydrogen-bond donors (Lipinski definition) is 2. The summed E-state index contributed by atoms with van der Waals surface area (Å²) in [5.41, 5.74) is 4.57. The Bertz CT molecular complexity index is 1850. The van der Waals surface area contributed by atoms with E-state index in [1.54, 1.807) is 37.4 Å². The Kier molecular flexibility index (Phi) is 9.63. The third-order valence-corrected chi connectivity index (χ3v) is 9.49. The fourth-order valence-electron chi connectivity index (χ4n) is 7.14. The van der Waals surface area contributed by atoms with Gasteiger partial charge in [-0.2, -0.15) is 13.2 Å². The van der Waals surface area contributed by atoms with Gasteiger partial charge in [-0.15, -0.1) is 5.06 Å². The number of hydroxylamine groups is 2. The number of benzene rings is 3. The maximum absolute atomic E-state index is 15.0. The number of carbonyl (C=O) groups excluding carboxylic acids is 3. The van der Waals surface area contributed by atoms with Crippen LogP contribution >= 0.6 is 11.6 Å². The Morgan fingerprint density at radius 3 is 2.35 bits per heavy atom. The van der Waals surface area contributed by atoms with Gasteiger partial charge in [0, 0.05) is 52.9 Å². The number of urea groups is 1. The van der Waals surface area contributed by atoms with E-state index in [0.717, 1.165) is 22.2 Å². The summed E-state index contributed by atoms with van der Waals surface area (Å²) in [5, 5.41) is 4.24. The minimum atomic E-state index is -5.44. The van der Waals surface area contributed by atoms with Crippen molar-refractivity contribution in [2.45, 2.75) is 50.4 Å². The van der Waals surface area contributed by atoms with Crippen LogP contribution in [-0.4, -0.2) is 78.3 Å². The van der Waals surface area contributed by atoms with Gasteiger partial charge in [-0.25, -0.2) is 9.59 Å². The first kappa shape index (κ1) is 34.3. The summed E-state index contributed by atoms with van der Waals surface area (Å²) in [4.78, 5) is 53.2. The molecule has 3 aromatic carbocycles. The smallest absolute Gasteiger partial charge is 0.361 e. The zero-order valence-electron chi connectivity index (χ0n) is 27.3. The molecule has 258 valence electrons. The number of aromatic amines is 1. The highest BCUT2D eigenvalue weighted by atomic mass is 35.5. The van der Waals surface area contributed by atoms with Crippen molar-refractivity contribution in [3.8, 4) is 0 Å². The van der Waals surface area contributed by atoms with Crippen molar-refractivity contribution in [2.24, 2.45) is 5.92 Å². The summed E-state index contributed by atoms with van der Waals surface area (Å²) in [5.74, 6) is -4.32. The summed E-state index contributed by atoms with van der Waals surface area (Å²) in [7, 11) is 3.82. The molecule has 0 saturated carbocycles. The largest absolute Gasteiger partial charge is 0.493 e. The highest BCUT2D eigenvalue weighted by Gasteiger charge is 2.49. The van der Waals surface area contributed by atoms with Crippen LogP contribution in [0.5, 0.6) is 0 Å². The van der Waals surface area contributed by atoms with Crippen LogP contribution in [0.4, 0.5) is 23.7 Å². The molecule has 1 aromatic heterocycles. The first-order valence-corrected chi connectivity index (χ1v) is 16.4. The van der Waals surface area contributed by atoms with Gasteiger partial charge in [-0.3, -0.25) is 4.79 Å². The quantitative estimate of drug-likeness (QED) is 0.223. The summed E-state index contributed by atoms with van der Waals surface area (Å²) in [6.45, 7) is 2.45. The number of nitrogens with one attached hydrogen (secondary N) is 2. The number of fused-ring (bicyclic) bond motifs is 3. The Morgan fingerprint density at radius 2 is 1.67 bits per heavy atom. The van der Waals surface area contributed by atoms with Crippen LogP contribution in [0.25, 0.3) is 10.9 Å². The molecule has 1 aliphatic carbocycles. The monoisotopic (exact) mass is 695 g/mol. The molecule has 0 fully saturated rings. The van der Waals surface area contributed by atoms with Gasteiger partial charge < -0.3 is 24.9 Å². The second-order valence-corrected chi connectivity index (χ2v) is 13.5. The second kappa shape index (κ2) is 13.8. The molecule has 0 radical (unpaired) electrons. The third-order valence-electron chi connectivity index (χ3n) is 9.25. The molecule has 2 N–H and O–H groups in total. The van der Waals surface area contributed by atoms with Gasteiger partial charge in [0.15, 0.2) is 6.04 Å². The van der Waals surface area contributed by atoms with Crippen molar-refractivity contribution < 1.29 is 32.4 Å². The predicted octanol–water partition coefficient (Wildman–Crippen LogP) is 6.26. The van der Waals surface area contributed by atoms with Crippen molar-refractivity contribution >= 4 is 46.1 Å². The first-order chi connectivity index (χ1) is 23.3. The number of hydrogen-bond acceptors (Lipinski definition) is 5. The van der Waals surface area contributed by atoms with E-state index in [1.165, 1.54) is 4.90 Å². The molecule has 0 saturated heterocycles. The Labute approximate surface area is 286 Å². The maximum Gasteiger partial charge on any atom is 0.493 e. The lowest BCUT2D eigenvalue weighted by Crippen LogP contribution is -2.59. The van der Waals surface area contributed by atoms with Crippen LogP contribution < -0.4 is 10.2 Å². The molecule has 4 aromatic rings. The lowest BCUT2D eigenvalue weighted by molar-refractivity contribution is -0.233. The van der Waals surface area contributed by atoms with Gasteiger partial charge >= 0.3 is 18.2 Å². The van der Waals surface area contributed by atoms with Gasteiger partial charge in [-0.1, -0.05) is 61.0 Å². The first-order valence-electron chi connectivity index (χ1n) is 16.1. The standard InChI is InChI=1S/C36H37ClF3N5O4/c1-21(29-18-41-30-11-7-6-10-28(29)30)32(33(46)44-20-22(19-43(2)3)14-25-15-26(37)12-13-31(25)44)45(49-34(47)36(38,39)40)35(48)42-27-16-23-8-4-5-9-24(23)17-27/h4-13,15,18,21-22,27,32,41H,14,16-17,19-20H2,1-3H3,(H,42,48)/t21?,22-,32?/m1/s1. The van der Waals surface area contributed by atoms with Crippen LogP contribution in [0, 0.1) is 5.92 Å². The van der Waals surface area contributed by atoms with E-state index in [1.807, 2.05) is 61.5 Å². The number of aromatic nitrogens is 1. The second-order valence-electron chi connectivity index (χ2n) is 13.1. The molecule has 0 bridgehead atoms. The topological polar surface area (TPSA) is 98.0 Å². The Morgan fingerprint density at radius 1 is 1.00 bits per heavy atom. The average Bonchev–Trinajstić information content (AvgIpc) is 3.66. The van der Waals surface area contributed by atoms with E-state index >= 15 is 4.79 Å². The fraction of sp³-hybridized carbons (Fsp3) is 0.361. The van der Waals surface area contributed by atoms with E-state index in [0.29, 0.717) is 52.5 Å². The number of para-hydroxylation sites is 1. The van der Waals surface area contributed by atoms with Crippen molar-refractivity contribution in [1.82, 2.24) is 20.3 Å². The van der Waals surface area contributed by atoms with E-state index in [4.69, 9.17) is 16.4 Å². The Balaban J connectivity index is 1.44. The molecule has 1 aliphatic heterocycles. The zero-order valence-corrected chi connectivity index (χ0v) is 28.0. The average molecular weight is 696 g/mol. The molecule has 0 spiro atoms. The van der Waals surface area contributed by atoms with Crippen LogP contribution in [0.2, 0.25) is 5.02 Å². The Hall–Kier alpha value is -4.55. The molecule has 13 heteroatoms. The molecule has 3 atom stereocenters. The maximum atomic E-state index is 15.0. The van der Waals surface area contributed by atoms with Crippen molar-refractivity contribution in [3.63, 3.8) is 0 Å². The van der Waals surface area contributed by atoms with Crippen LogP contribution in [0.1, 0.15) is 35.1 Å². The van der Waals surface area contributed by atoms with Crippen molar-refractivity contribution in [3.05, 3.63) is 100 Å². The number of nitrogens with zero attached hydrogens (tertiary/aromatic N) is 3. The van der Waals surface area contributed by atoms with Gasteiger partial charge in [-0.05, 0) is 85.8 Å². The number of rotatable bonds is 7. The molecule has 2 aliphatic rings. The van der Waals surface area contributed by atoms with Crippen LogP contribution in [0.15, 0.2) is 72.9 Å². The van der Waals surface area contributed by atoms with Crippen molar-refractivity contribution in [2.75, 3.05) is 32.1 Å². The van der Waals surface area contributed by atoms with E-state index in [-0.39, 0.29) is 12.5 Å². The summed E-state index contributed by atoms with van der Waals surface area (Å²) in [6.07, 6.45) is -2.33. The number of alkyl halides is 3. The highest BCUT2D eigenvalue weighted by molar-refractivity contribution is 6.30. The normalized spacial score (nSPS) is 17.4. The van der Waals surface area contributed by atoms with Gasteiger partial charge in [0.1, 0.15) is 0 Å². The number of anilines is 1. The molecule has 49 heavy (non-hydrogen) atoms.